The fourth-order valence-corrected chi connectivity index (χ4v) is 1.53. The van der Waals surface area contributed by atoms with E-state index in [1.165, 1.54) is 4.80 Å². The fourth-order valence-electron chi connectivity index (χ4n) is 1.53. The predicted molar refractivity (Wildman–Crippen MR) is 66.6 cm³/mol. The summed E-state index contributed by atoms with van der Waals surface area (Å²) in [5, 5.41) is 13.7. The molecule has 0 aliphatic carbocycles. The topological polar surface area (TPSA) is 98.7 Å². The number of amides is 1. The maximum absolute atomic E-state index is 11.6. The lowest BCUT2D eigenvalue weighted by molar-refractivity contribution is -0.116. The summed E-state index contributed by atoms with van der Waals surface area (Å²) in [6.07, 6.45) is 0.908. The van der Waals surface area contributed by atoms with Crippen molar-refractivity contribution in [1.29, 1.82) is 0 Å². The molecule has 1 aromatic carbocycles. The number of hydrogen-bond acceptors (Lipinski definition) is 5. The Morgan fingerprint density at radius 3 is 2.89 bits per heavy atom. The van der Waals surface area contributed by atoms with Crippen LogP contribution in [-0.2, 0) is 18.3 Å². The summed E-state index contributed by atoms with van der Waals surface area (Å²) in [7, 11) is 1.63. The van der Waals surface area contributed by atoms with Crippen LogP contribution in [0.25, 0.3) is 0 Å². The van der Waals surface area contributed by atoms with E-state index in [1.54, 1.807) is 7.05 Å². The molecule has 3 N–H and O–H groups in total. The van der Waals surface area contributed by atoms with E-state index in [2.05, 4.69) is 20.7 Å². The Balaban J connectivity index is 1.87. The molecule has 0 aliphatic rings. The van der Waals surface area contributed by atoms with Gasteiger partial charge in [-0.1, -0.05) is 23.3 Å². The number of carbonyl (C=O) groups excluding carboxylic acids is 1. The highest BCUT2D eigenvalue weighted by atomic mass is 16.1. The van der Waals surface area contributed by atoms with Crippen LogP contribution in [0.1, 0.15) is 12.0 Å². The van der Waals surface area contributed by atoms with Crippen LogP contribution >= 0.6 is 0 Å². The summed E-state index contributed by atoms with van der Waals surface area (Å²) < 4.78 is 0. The van der Waals surface area contributed by atoms with Crippen LogP contribution in [0.15, 0.2) is 24.3 Å². The molecule has 0 aliphatic heterocycles. The van der Waals surface area contributed by atoms with Crippen LogP contribution < -0.4 is 11.1 Å². The van der Waals surface area contributed by atoms with Crippen LogP contribution in [0, 0.1) is 0 Å². The van der Waals surface area contributed by atoms with Crippen molar-refractivity contribution >= 4 is 17.5 Å². The Bertz CT molecular complexity index is 550. The highest BCUT2D eigenvalue weighted by Gasteiger charge is 2.07. The fraction of sp³-hybridized carbons (Fsp3) is 0.273. The SMILES string of the molecule is Cn1nnc(NC(=O)CCc2ccccc2N)n1. The Morgan fingerprint density at radius 2 is 2.22 bits per heavy atom. The van der Waals surface area contributed by atoms with Crippen LogP contribution in [0.2, 0.25) is 0 Å². The van der Waals surface area contributed by atoms with Gasteiger partial charge in [-0.25, -0.2) is 0 Å². The van der Waals surface area contributed by atoms with E-state index in [9.17, 15) is 4.79 Å². The van der Waals surface area contributed by atoms with Crippen molar-refractivity contribution in [1.82, 2.24) is 20.2 Å². The van der Waals surface area contributed by atoms with Gasteiger partial charge in [-0.2, -0.15) is 4.80 Å². The number of rotatable bonds is 4. The molecule has 2 rings (SSSR count). The van der Waals surface area contributed by atoms with Crippen molar-refractivity contribution in [2.45, 2.75) is 12.8 Å². The average molecular weight is 246 g/mol. The van der Waals surface area contributed by atoms with Gasteiger partial charge in [0.25, 0.3) is 5.95 Å². The molecule has 0 saturated heterocycles. The third-order valence-electron chi connectivity index (χ3n) is 2.44. The van der Waals surface area contributed by atoms with Crippen molar-refractivity contribution in [2.75, 3.05) is 11.1 Å². The number of tetrazole rings is 1. The first kappa shape index (κ1) is 12.0. The number of anilines is 2. The van der Waals surface area contributed by atoms with Gasteiger partial charge in [-0.15, -0.1) is 5.10 Å². The molecule has 1 aromatic heterocycles. The van der Waals surface area contributed by atoms with Crippen LogP contribution in [0.3, 0.4) is 0 Å². The first-order valence-electron chi connectivity index (χ1n) is 5.52. The molecule has 0 fully saturated rings. The highest BCUT2D eigenvalue weighted by molar-refractivity contribution is 5.89. The van der Waals surface area contributed by atoms with Gasteiger partial charge in [0.15, 0.2) is 0 Å². The summed E-state index contributed by atoms with van der Waals surface area (Å²) >= 11 is 0. The number of carbonyl (C=O) groups is 1. The standard InChI is InChI=1S/C11H14N6O/c1-17-15-11(14-16-17)13-10(18)7-6-8-4-2-3-5-9(8)12/h2-5H,6-7,12H2,1H3,(H,13,15,18). The Hall–Kier alpha value is -2.44. The molecule has 1 amide bonds. The van der Waals surface area contributed by atoms with Crippen LogP contribution in [0.5, 0.6) is 0 Å². The second kappa shape index (κ2) is 5.26. The Kier molecular flexibility index (Phi) is 3.52. The number of nitrogens with zero attached hydrogens (tertiary/aromatic N) is 4. The number of para-hydroxylation sites is 1. The summed E-state index contributed by atoms with van der Waals surface area (Å²) in [4.78, 5) is 12.9. The summed E-state index contributed by atoms with van der Waals surface area (Å²) in [6, 6.07) is 7.48. The van der Waals surface area contributed by atoms with Gasteiger partial charge in [0.1, 0.15) is 0 Å². The molecule has 7 heteroatoms. The molecular weight excluding hydrogens is 232 g/mol. The summed E-state index contributed by atoms with van der Waals surface area (Å²) in [5.74, 6) is 0.0507. The van der Waals surface area contributed by atoms with Crippen molar-refractivity contribution in [3.05, 3.63) is 29.8 Å². The van der Waals surface area contributed by atoms with Gasteiger partial charge in [0, 0.05) is 12.1 Å². The number of benzene rings is 1. The molecule has 18 heavy (non-hydrogen) atoms. The molecule has 7 nitrogen and oxygen atoms in total. The number of aromatic nitrogens is 4. The minimum atomic E-state index is -0.161. The van der Waals surface area contributed by atoms with E-state index in [-0.39, 0.29) is 11.9 Å². The summed E-state index contributed by atoms with van der Waals surface area (Å²) in [5.41, 5.74) is 7.45. The maximum atomic E-state index is 11.6. The number of hydrogen-bond donors (Lipinski definition) is 2. The first-order valence-corrected chi connectivity index (χ1v) is 5.52. The normalized spacial score (nSPS) is 10.3. The van der Waals surface area contributed by atoms with E-state index in [0.717, 1.165) is 5.56 Å². The van der Waals surface area contributed by atoms with Gasteiger partial charge < -0.3 is 5.73 Å². The number of nitrogens with two attached hydrogens (primary N) is 1. The third-order valence-corrected chi connectivity index (χ3v) is 2.44. The van der Waals surface area contributed by atoms with Gasteiger partial charge in [-0.05, 0) is 23.3 Å². The van der Waals surface area contributed by atoms with E-state index in [4.69, 9.17) is 5.73 Å². The van der Waals surface area contributed by atoms with Gasteiger partial charge in [0.05, 0.1) is 7.05 Å². The largest absolute Gasteiger partial charge is 0.399 e. The molecule has 0 atom stereocenters. The Morgan fingerprint density at radius 1 is 1.44 bits per heavy atom. The first-order chi connectivity index (χ1) is 8.65. The minimum absolute atomic E-state index is 0.161. The highest BCUT2D eigenvalue weighted by Crippen LogP contribution is 2.12. The smallest absolute Gasteiger partial charge is 0.270 e. The van der Waals surface area contributed by atoms with Gasteiger partial charge >= 0.3 is 0 Å². The molecule has 0 spiro atoms. The summed E-state index contributed by atoms with van der Waals surface area (Å²) in [6.45, 7) is 0. The maximum Gasteiger partial charge on any atom is 0.270 e. The zero-order valence-corrected chi connectivity index (χ0v) is 10.00. The van der Waals surface area contributed by atoms with Crippen LogP contribution in [0.4, 0.5) is 11.6 Å². The predicted octanol–water partition coefficient (Wildman–Crippen LogP) is 0.364. The zero-order valence-electron chi connectivity index (χ0n) is 10.00. The lowest BCUT2D eigenvalue weighted by Gasteiger charge is -2.04. The Labute approximate surface area is 104 Å². The van der Waals surface area contributed by atoms with Crippen molar-refractivity contribution in [2.24, 2.45) is 7.05 Å². The number of nitrogens with one attached hydrogen (secondary N) is 1. The lowest BCUT2D eigenvalue weighted by Crippen LogP contribution is -2.14. The third kappa shape index (κ3) is 3.03. The molecule has 94 valence electrons. The van der Waals surface area contributed by atoms with Gasteiger partial charge in [-0.3, -0.25) is 10.1 Å². The second-order valence-corrected chi connectivity index (χ2v) is 3.85. The second-order valence-electron chi connectivity index (χ2n) is 3.85. The van der Waals surface area contributed by atoms with Gasteiger partial charge in [0.2, 0.25) is 5.91 Å². The minimum Gasteiger partial charge on any atom is -0.399 e. The monoisotopic (exact) mass is 246 g/mol. The molecular formula is C11H14N6O. The molecule has 0 unspecified atom stereocenters. The molecule has 2 aromatic rings. The molecule has 0 bridgehead atoms. The quantitative estimate of drug-likeness (QED) is 0.759. The van der Waals surface area contributed by atoms with Crippen molar-refractivity contribution in [3.63, 3.8) is 0 Å². The molecule has 1 heterocycles. The van der Waals surface area contributed by atoms with E-state index < -0.39 is 0 Å². The van der Waals surface area contributed by atoms with Crippen LogP contribution in [-0.4, -0.2) is 26.1 Å². The average Bonchev–Trinajstić information content (AvgIpc) is 2.74. The number of nitrogen functional groups attached to an aromatic ring is 1. The van der Waals surface area contributed by atoms with Crippen molar-refractivity contribution < 1.29 is 4.79 Å². The molecule has 0 saturated carbocycles. The van der Waals surface area contributed by atoms with E-state index >= 15 is 0 Å². The lowest BCUT2D eigenvalue weighted by atomic mass is 10.1. The number of aryl methyl sites for hydroxylation is 2. The zero-order chi connectivity index (χ0) is 13.0. The molecule has 0 radical (unpaired) electrons. The van der Waals surface area contributed by atoms with E-state index in [0.29, 0.717) is 18.5 Å². The van der Waals surface area contributed by atoms with E-state index in [1.807, 2.05) is 24.3 Å². The van der Waals surface area contributed by atoms with Crippen molar-refractivity contribution in [3.8, 4) is 0 Å².